The van der Waals surface area contributed by atoms with Gasteiger partial charge in [0.1, 0.15) is 6.04 Å². The highest BCUT2D eigenvalue weighted by molar-refractivity contribution is 5.91. The number of furan rings is 1. The molecule has 1 aliphatic heterocycles. The quantitative estimate of drug-likeness (QED) is 0.416. The molecule has 3 aromatic heterocycles. The second kappa shape index (κ2) is 10.5. The standard InChI is InChI=1S/C28H33N7O3/c1-2-19-10-11-23-20(17-19)18-22(27(36)29-23)25(26-30-31-32-35(26)21-7-4-3-5-8-21)33-12-14-34(15-13-33)28(37)24-9-6-16-38-24/h6,9-11,16-18,21,25H,2-5,7-8,12-15H2,1H3,(H,29,36)/t25-/m1/s1. The van der Waals surface area contributed by atoms with Gasteiger partial charge in [-0.05, 0) is 71.0 Å². The number of H-pyrrole nitrogens is 1. The lowest BCUT2D eigenvalue weighted by molar-refractivity contribution is 0.0556. The van der Waals surface area contributed by atoms with Crippen molar-refractivity contribution in [1.29, 1.82) is 0 Å². The highest BCUT2D eigenvalue weighted by atomic mass is 16.3. The van der Waals surface area contributed by atoms with E-state index in [2.05, 4.69) is 38.4 Å². The minimum Gasteiger partial charge on any atom is -0.459 e. The summed E-state index contributed by atoms with van der Waals surface area (Å²) >= 11 is 0. The summed E-state index contributed by atoms with van der Waals surface area (Å²) in [5, 5.41) is 14.0. The number of hydrogen-bond acceptors (Lipinski definition) is 7. The molecule has 10 heteroatoms. The number of aromatic nitrogens is 5. The van der Waals surface area contributed by atoms with Crippen LogP contribution in [0.3, 0.4) is 0 Å². The lowest BCUT2D eigenvalue weighted by atomic mass is 9.95. The van der Waals surface area contributed by atoms with Gasteiger partial charge >= 0.3 is 0 Å². The van der Waals surface area contributed by atoms with Gasteiger partial charge in [0.05, 0.1) is 12.3 Å². The van der Waals surface area contributed by atoms with Crippen molar-refractivity contribution in [3.63, 3.8) is 0 Å². The van der Waals surface area contributed by atoms with E-state index >= 15 is 0 Å². The van der Waals surface area contributed by atoms with Crippen molar-refractivity contribution in [2.45, 2.75) is 57.5 Å². The summed E-state index contributed by atoms with van der Waals surface area (Å²) < 4.78 is 7.28. The van der Waals surface area contributed by atoms with Crippen LogP contribution in [0.15, 0.2) is 51.9 Å². The monoisotopic (exact) mass is 515 g/mol. The smallest absolute Gasteiger partial charge is 0.289 e. The molecule has 0 spiro atoms. The number of amides is 1. The molecule has 1 saturated carbocycles. The number of carbonyl (C=O) groups is 1. The van der Waals surface area contributed by atoms with E-state index in [1.54, 1.807) is 17.0 Å². The van der Waals surface area contributed by atoms with E-state index in [9.17, 15) is 9.59 Å². The van der Waals surface area contributed by atoms with Crippen molar-refractivity contribution in [2.75, 3.05) is 26.2 Å². The first-order chi connectivity index (χ1) is 18.6. The summed E-state index contributed by atoms with van der Waals surface area (Å²) in [6, 6.07) is 11.4. The van der Waals surface area contributed by atoms with Gasteiger partial charge in [0, 0.05) is 37.3 Å². The molecule has 1 N–H and O–H groups in total. The Hall–Kier alpha value is -3.79. The van der Waals surface area contributed by atoms with Crippen LogP contribution in [0.1, 0.15) is 78.6 Å². The van der Waals surface area contributed by atoms with Crippen LogP contribution in [-0.4, -0.2) is 67.1 Å². The fraction of sp³-hybridized carbons (Fsp3) is 0.464. The van der Waals surface area contributed by atoms with Gasteiger partial charge in [-0.2, -0.15) is 0 Å². The van der Waals surface area contributed by atoms with Crippen LogP contribution in [0.5, 0.6) is 0 Å². The minimum absolute atomic E-state index is 0.117. The molecule has 38 heavy (non-hydrogen) atoms. The Morgan fingerprint density at radius 1 is 1.11 bits per heavy atom. The van der Waals surface area contributed by atoms with Crippen LogP contribution in [0, 0.1) is 0 Å². The van der Waals surface area contributed by atoms with E-state index in [4.69, 9.17) is 4.42 Å². The number of fused-ring (bicyclic) bond motifs is 1. The maximum atomic E-state index is 13.5. The van der Waals surface area contributed by atoms with Crippen LogP contribution in [0.25, 0.3) is 10.9 Å². The molecule has 6 rings (SSSR count). The van der Waals surface area contributed by atoms with Gasteiger partial charge in [0.15, 0.2) is 11.6 Å². The number of nitrogens with zero attached hydrogens (tertiary/aromatic N) is 6. The fourth-order valence-corrected chi connectivity index (χ4v) is 5.90. The molecule has 1 aromatic carbocycles. The number of hydrogen-bond donors (Lipinski definition) is 1. The van der Waals surface area contributed by atoms with Gasteiger partial charge in [0.2, 0.25) is 0 Å². The number of tetrazole rings is 1. The Morgan fingerprint density at radius 3 is 2.66 bits per heavy atom. The van der Waals surface area contributed by atoms with Gasteiger partial charge in [-0.1, -0.05) is 32.3 Å². The number of benzene rings is 1. The van der Waals surface area contributed by atoms with Crippen molar-refractivity contribution in [2.24, 2.45) is 0 Å². The Balaban J connectivity index is 1.38. The van der Waals surface area contributed by atoms with E-state index in [0.29, 0.717) is 43.3 Å². The van der Waals surface area contributed by atoms with Crippen molar-refractivity contribution in [1.82, 2.24) is 35.0 Å². The molecule has 198 valence electrons. The normalized spacial score (nSPS) is 18.2. The summed E-state index contributed by atoms with van der Waals surface area (Å²) in [5.41, 5.74) is 2.52. The number of aromatic amines is 1. The SMILES string of the molecule is CCc1ccc2[nH]c(=O)c([C@H](c3nnnn3C3CCCCC3)N3CCN(C(=O)c4ccco4)CC3)cc2c1. The predicted octanol–water partition coefficient (Wildman–Crippen LogP) is 3.72. The second-order valence-electron chi connectivity index (χ2n) is 10.3. The van der Waals surface area contributed by atoms with Crippen LogP contribution in [0.4, 0.5) is 0 Å². The number of piperazine rings is 1. The summed E-state index contributed by atoms with van der Waals surface area (Å²) in [7, 11) is 0. The Bertz CT molecular complexity index is 1460. The molecule has 1 saturated heterocycles. The van der Waals surface area contributed by atoms with E-state index in [-0.39, 0.29) is 17.5 Å². The third kappa shape index (κ3) is 4.64. The average Bonchev–Trinajstić information content (AvgIpc) is 3.67. The van der Waals surface area contributed by atoms with E-state index in [1.807, 2.05) is 22.9 Å². The third-order valence-corrected chi connectivity index (χ3v) is 8.02. The second-order valence-corrected chi connectivity index (χ2v) is 10.3. The number of nitrogens with one attached hydrogen (secondary N) is 1. The summed E-state index contributed by atoms with van der Waals surface area (Å²) in [5.74, 6) is 0.919. The molecule has 1 amide bonds. The molecule has 10 nitrogen and oxygen atoms in total. The van der Waals surface area contributed by atoms with Crippen LogP contribution < -0.4 is 5.56 Å². The number of carbonyl (C=O) groups excluding carboxylic acids is 1. The molecule has 2 fully saturated rings. The molecule has 4 aromatic rings. The molecule has 1 atom stereocenters. The first-order valence-electron chi connectivity index (χ1n) is 13.6. The lowest BCUT2D eigenvalue weighted by Gasteiger charge is -2.38. The van der Waals surface area contributed by atoms with Gasteiger partial charge < -0.3 is 14.3 Å². The Labute approximate surface area is 220 Å². The average molecular weight is 516 g/mol. The van der Waals surface area contributed by atoms with E-state index < -0.39 is 6.04 Å². The van der Waals surface area contributed by atoms with Crippen molar-refractivity contribution in [3.8, 4) is 0 Å². The molecular formula is C28H33N7O3. The van der Waals surface area contributed by atoms with Crippen LogP contribution >= 0.6 is 0 Å². The molecule has 4 heterocycles. The molecular weight excluding hydrogens is 482 g/mol. The fourth-order valence-electron chi connectivity index (χ4n) is 5.90. The van der Waals surface area contributed by atoms with Gasteiger partial charge in [0.25, 0.3) is 11.5 Å². The van der Waals surface area contributed by atoms with Crippen LogP contribution in [-0.2, 0) is 6.42 Å². The molecule has 0 unspecified atom stereocenters. The molecule has 0 bridgehead atoms. The first kappa shape index (κ1) is 24.5. The largest absolute Gasteiger partial charge is 0.459 e. The number of aryl methyl sites for hydroxylation is 1. The topological polar surface area (TPSA) is 113 Å². The predicted molar refractivity (Wildman–Crippen MR) is 142 cm³/mol. The van der Waals surface area contributed by atoms with Crippen molar-refractivity contribution < 1.29 is 9.21 Å². The first-order valence-corrected chi connectivity index (χ1v) is 13.6. The maximum Gasteiger partial charge on any atom is 0.289 e. The molecule has 0 radical (unpaired) electrons. The van der Waals surface area contributed by atoms with E-state index in [1.165, 1.54) is 18.2 Å². The summed E-state index contributed by atoms with van der Waals surface area (Å²) in [6.45, 7) is 4.33. The molecule has 1 aliphatic carbocycles. The Kier molecular flexibility index (Phi) is 6.80. The van der Waals surface area contributed by atoms with Gasteiger partial charge in [-0.3, -0.25) is 14.5 Å². The van der Waals surface area contributed by atoms with Crippen molar-refractivity contribution >= 4 is 16.8 Å². The van der Waals surface area contributed by atoms with Gasteiger partial charge in [-0.25, -0.2) is 4.68 Å². The zero-order valence-electron chi connectivity index (χ0n) is 21.7. The Morgan fingerprint density at radius 2 is 1.92 bits per heavy atom. The number of rotatable bonds is 6. The number of pyridine rings is 1. The van der Waals surface area contributed by atoms with Crippen molar-refractivity contribution in [3.05, 3.63) is 75.7 Å². The highest BCUT2D eigenvalue weighted by Crippen LogP contribution is 2.33. The summed E-state index contributed by atoms with van der Waals surface area (Å²) in [4.78, 5) is 33.6. The minimum atomic E-state index is -0.425. The zero-order valence-corrected chi connectivity index (χ0v) is 21.7. The van der Waals surface area contributed by atoms with Crippen LogP contribution in [0.2, 0.25) is 0 Å². The third-order valence-electron chi connectivity index (χ3n) is 8.02. The highest BCUT2D eigenvalue weighted by Gasteiger charge is 2.35. The van der Waals surface area contributed by atoms with E-state index in [0.717, 1.165) is 43.0 Å². The van der Waals surface area contributed by atoms with Gasteiger partial charge in [-0.15, -0.1) is 5.10 Å². The lowest BCUT2D eigenvalue weighted by Crippen LogP contribution is -2.51. The zero-order chi connectivity index (χ0) is 26.1. The molecule has 2 aliphatic rings. The maximum absolute atomic E-state index is 13.5. The summed E-state index contributed by atoms with van der Waals surface area (Å²) in [6.07, 6.45) is 8.03.